The summed E-state index contributed by atoms with van der Waals surface area (Å²) in [7, 11) is 0. The van der Waals surface area contributed by atoms with Crippen LogP contribution in [0.1, 0.15) is 32.9 Å². The van der Waals surface area contributed by atoms with E-state index < -0.39 is 12.1 Å². The highest BCUT2D eigenvalue weighted by molar-refractivity contribution is 6.33. The number of anilines is 1. The summed E-state index contributed by atoms with van der Waals surface area (Å²) >= 11 is 6.43. The van der Waals surface area contributed by atoms with Gasteiger partial charge in [0.25, 0.3) is 0 Å². The van der Waals surface area contributed by atoms with Gasteiger partial charge in [0.2, 0.25) is 5.91 Å². The standard InChI is InChI=1S/C22H29ClN6O3/c1-13(30)28-5-4-19(31)14(11-28)8-25-21(32)27-20-6-15(17(23)10-24-20)16-9-26-29-12-22(2,3)7-18(16)29/h6,9-10,14,19,31H,4-5,7-8,11-12H2,1-3H3,(H2,24,25,27,32)/t14-,19-/m0/s1. The lowest BCUT2D eigenvalue weighted by molar-refractivity contribution is -0.132. The van der Waals surface area contributed by atoms with Gasteiger partial charge in [-0.25, -0.2) is 9.78 Å². The summed E-state index contributed by atoms with van der Waals surface area (Å²) in [6.07, 6.45) is 4.17. The van der Waals surface area contributed by atoms with Gasteiger partial charge in [-0.3, -0.25) is 14.8 Å². The number of aromatic nitrogens is 3. The van der Waals surface area contributed by atoms with E-state index in [9.17, 15) is 14.7 Å². The van der Waals surface area contributed by atoms with Crippen LogP contribution in [-0.4, -0.2) is 62.4 Å². The molecule has 0 spiro atoms. The third-order valence-corrected chi connectivity index (χ3v) is 6.52. The normalized spacial score (nSPS) is 21.8. The summed E-state index contributed by atoms with van der Waals surface area (Å²) in [5, 5.41) is 20.7. The molecule has 0 aliphatic carbocycles. The Hall–Kier alpha value is -2.65. The maximum atomic E-state index is 12.5. The van der Waals surface area contributed by atoms with Crippen LogP contribution in [0.4, 0.5) is 10.6 Å². The zero-order chi connectivity index (χ0) is 23.0. The summed E-state index contributed by atoms with van der Waals surface area (Å²) in [6.45, 7) is 7.98. The molecule has 2 atom stereocenters. The van der Waals surface area contributed by atoms with Crippen molar-refractivity contribution < 1.29 is 14.7 Å². The Balaban J connectivity index is 1.42. The van der Waals surface area contributed by atoms with Gasteiger partial charge in [0, 0.05) is 62.0 Å². The van der Waals surface area contributed by atoms with Crippen LogP contribution in [0.3, 0.4) is 0 Å². The smallest absolute Gasteiger partial charge is 0.320 e. The molecule has 4 rings (SSSR count). The van der Waals surface area contributed by atoms with Crippen LogP contribution < -0.4 is 10.6 Å². The van der Waals surface area contributed by atoms with E-state index in [1.54, 1.807) is 17.2 Å². The Kier molecular flexibility index (Phi) is 6.13. The molecule has 10 heteroatoms. The van der Waals surface area contributed by atoms with Gasteiger partial charge in [0.05, 0.1) is 17.3 Å². The van der Waals surface area contributed by atoms with Crippen molar-refractivity contribution >= 4 is 29.4 Å². The topological polar surface area (TPSA) is 112 Å². The molecule has 172 valence electrons. The molecule has 2 aromatic heterocycles. The lowest BCUT2D eigenvalue weighted by atomic mass is 9.89. The van der Waals surface area contributed by atoms with Crippen molar-refractivity contribution in [1.29, 1.82) is 0 Å². The lowest BCUT2D eigenvalue weighted by Crippen LogP contribution is -2.49. The van der Waals surface area contributed by atoms with Gasteiger partial charge in [-0.2, -0.15) is 5.10 Å². The molecule has 0 radical (unpaired) electrons. The Bertz CT molecular complexity index is 1040. The number of aliphatic hydroxyl groups excluding tert-OH is 1. The SMILES string of the molecule is CC(=O)N1CC[C@H](O)[C@@H](CNC(=O)Nc2cc(-c3cnn4c3CC(C)(C)C4)c(Cl)cn2)C1. The molecule has 2 aliphatic rings. The molecule has 0 bridgehead atoms. The van der Waals surface area contributed by atoms with Gasteiger partial charge in [-0.05, 0) is 24.3 Å². The number of urea groups is 1. The van der Waals surface area contributed by atoms with Crippen LogP contribution >= 0.6 is 11.6 Å². The summed E-state index contributed by atoms with van der Waals surface area (Å²) in [5.41, 5.74) is 2.98. The van der Waals surface area contributed by atoms with Crippen molar-refractivity contribution in [3.63, 3.8) is 0 Å². The van der Waals surface area contributed by atoms with Crippen molar-refractivity contribution in [2.24, 2.45) is 11.3 Å². The average molecular weight is 461 g/mol. The second-order valence-electron chi connectivity index (χ2n) is 9.47. The number of carbonyl (C=O) groups excluding carboxylic acids is 2. The van der Waals surface area contributed by atoms with Gasteiger partial charge >= 0.3 is 6.03 Å². The highest BCUT2D eigenvalue weighted by Crippen LogP contribution is 2.39. The second kappa shape index (κ2) is 8.71. The first-order valence-corrected chi connectivity index (χ1v) is 11.2. The Labute approximate surface area is 192 Å². The molecule has 32 heavy (non-hydrogen) atoms. The summed E-state index contributed by atoms with van der Waals surface area (Å²) < 4.78 is 2.01. The van der Waals surface area contributed by atoms with E-state index in [4.69, 9.17) is 11.6 Å². The predicted octanol–water partition coefficient (Wildman–Crippen LogP) is 2.53. The zero-order valence-corrected chi connectivity index (χ0v) is 19.3. The van der Waals surface area contributed by atoms with Crippen LogP contribution in [0, 0.1) is 11.3 Å². The number of pyridine rings is 1. The Morgan fingerprint density at radius 3 is 2.84 bits per heavy atom. The first-order chi connectivity index (χ1) is 15.1. The molecule has 9 nitrogen and oxygen atoms in total. The maximum absolute atomic E-state index is 12.5. The largest absolute Gasteiger partial charge is 0.393 e. The monoisotopic (exact) mass is 460 g/mol. The van der Waals surface area contributed by atoms with E-state index in [1.165, 1.54) is 13.1 Å². The first-order valence-electron chi connectivity index (χ1n) is 10.8. The van der Waals surface area contributed by atoms with E-state index in [0.717, 1.165) is 29.8 Å². The van der Waals surface area contributed by atoms with Crippen molar-refractivity contribution in [2.45, 2.75) is 46.3 Å². The van der Waals surface area contributed by atoms with Crippen LogP contribution in [0.15, 0.2) is 18.5 Å². The van der Waals surface area contributed by atoms with Crippen LogP contribution in [0.5, 0.6) is 0 Å². The van der Waals surface area contributed by atoms with E-state index in [0.29, 0.717) is 30.4 Å². The molecule has 0 aromatic carbocycles. The number of hydrogen-bond donors (Lipinski definition) is 3. The predicted molar refractivity (Wildman–Crippen MR) is 121 cm³/mol. The van der Waals surface area contributed by atoms with Gasteiger partial charge in [-0.1, -0.05) is 25.4 Å². The molecule has 1 fully saturated rings. The van der Waals surface area contributed by atoms with E-state index in [1.807, 2.05) is 4.68 Å². The highest BCUT2D eigenvalue weighted by atomic mass is 35.5. The molecule has 2 aliphatic heterocycles. The van der Waals surface area contributed by atoms with E-state index >= 15 is 0 Å². The quantitative estimate of drug-likeness (QED) is 0.649. The minimum Gasteiger partial charge on any atom is -0.393 e. The number of halogens is 1. The fourth-order valence-electron chi connectivity index (χ4n) is 4.48. The molecule has 0 saturated carbocycles. The molecule has 0 unspecified atom stereocenters. The summed E-state index contributed by atoms with van der Waals surface area (Å²) in [6, 6.07) is 1.32. The van der Waals surface area contributed by atoms with Gasteiger partial charge in [0.15, 0.2) is 0 Å². The maximum Gasteiger partial charge on any atom is 0.320 e. The van der Waals surface area contributed by atoms with Crippen molar-refractivity contribution in [3.05, 3.63) is 29.2 Å². The number of aliphatic hydroxyl groups is 1. The zero-order valence-electron chi connectivity index (χ0n) is 18.6. The number of likely N-dealkylation sites (tertiary alicyclic amines) is 1. The molecule has 4 heterocycles. The number of fused-ring (bicyclic) bond motifs is 1. The number of hydrogen-bond acceptors (Lipinski definition) is 5. The van der Waals surface area contributed by atoms with Gasteiger partial charge < -0.3 is 15.3 Å². The average Bonchev–Trinajstić information content (AvgIpc) is 3.23. The van der Waals surface area contributed by atoms with Gasteiger partial charge in [-0.15, -0.1) is 0 Å². The molecule has 2 aromatic rings. The fourth-order valence-corrected chi connectivity index (χ4v) is 4.68. The van der Waals surface area contributed by atoms with Crippen LogP contribution in [-0.2, 0) is 17.8 Å². The Morgan fingerprint density at radius 1 is 1.31 bits per heavy atom. The summed E-state index contributed by atoms with van der Waals surface area (Å²) in [4.78, 5) is 30.0. The lowest BCUT2D eigenvalue weighted by Gasteiger charge is -2.35. The minimum absolute atomic E-state index is 0.0284. The van der Waals surface area contributed by atoms with Crippen molar-refractivity contribution in [3.8, 4) is 11.1 Å². The minimum atomic E-state index is -0.556. The molecular weight excluding hydrogens is 432 g/mol. The number of nitrogens with zero attached hydrogens (tertiary/aromatic N) is 4. The van der Waals surface area contributed by atoms with E-state index in [-0.39, 0.29) is 23.8 Å². The first kappa shape index (κ1) is 22.5. The van der Waals surface area contributed by atoms with Crippen LogP contribution in [0.25, 0.3) is 11.1 Å². The van der Waals surface area contributed by atoms with Gasteiger partial charge in [0.1, 0.15) is 5.82 Å². The fraction of sp³-hybridized carbons (Fsp3) is 0.545. The van der Waals surface area contributed by atoms with Crippen LogP contribution in [0.2, 0.25) is 5.02 Å². The Morgan fingerprint density at radius 2 is 2.09 bits per heavy atom. The number of nitrogens with one attached hydrogen (secondary N) is 2. The number of amides is 3. The second-order valence-corrected chi connectivity index (χ2v) is 9.88. The highest BCUT2D eigenvalue weighted by Gasteiger charge is 2.32. The van der Waals surface area contributed by atoms with Crippen molar-refractivity contribution in [1.82, 2.24) is 25.0 Å². The third kappa shape index (κ3) is 4.73. The number of rotatable bonds is 4. The number of carbonyl (C=O) groups is 2. The third-order valence-electron chi connectivity index (χ3n) is 6.22. The molecule has 1 saturated heterocycles. The molecular formula is C22H29ClN6O3. The molecule has 3 amide bonds. The number of piperidine rings is 1. The van der Waals surface area contributed by atoms with Crippen molar-refractivity contribution in [2.75, 3.05) is 25.0 Å². The summed E-state index contributed by atoms with van der Waals surface area (Å²) in [5.74, 6) is 0.124. The molecule has 3 N–H and O–H groups in total. The van der Waals surface area contributed by atoms with E-state index in [2.05, 4.69) is 34.6 Å².